The van der Waals surface area contributed by atoms with Crippen molar-refractivity contribution in [3.8, 4) is 11.4 Å². The number of hydrogen-bond acceptors (Lipinski definition) is 4. The van der Waals surface area contributed by atoms with Crippen LogP contribution in [0.15, 0.2) is 53.1 Å². The number of nitrogens with one attached hydrogen (secondary N) is 1. The first-order chi connectivity index (χ1) is 12.7. The lowest BCUT2D eigenvalue weighted by Gasteiger charge is -2.20. The largest absolute Gasteiger partial charge is 0.339 e. The van der Waals surface area contributed by atoms with Crippen molar-refractivity contribution in [2.45, 2.75) is 38.5 Å². The Kier molecular flexibility index (Phi) is 4.52. The van der Waals surface area contributed by atoms with E-state index in [1.165, 1.54) is 6.42 Å². The molecule has 3 aromatic rings. The molecular weight excluding hydrogens is 326 g/mol. The molecule has 0 spiro atoms. The minimum absolute atomic E-state index is 0.143. The molecule has 132 valence electrons. The summed E-state index contributed by atoms with van der Waals surface area (Å²) in [4.78, 5) is 17.2. The van der Waals surface area contributed by atoms with Crippen LogP contribution in [0.4, 0.5) is 5.69 Å². The van der Waals surface area contributed by atoms with E-state index in [0.29, 0.717) is 23.2 Å². The molecule has 4 rings (SSSR count). The topological polar surface area (TPSA) is 68.0 Å². The summed E-state index contributed by atoms with van der Waals surface area (Å²) in [6.45, 7) is 2.07. The summed E-state index contributed by atoms with van der Waals surface area (Å²) in [6, 6.07) is 15.2. The first-order valence-electron chi connectivity index (χ1n) is 9.08. The normalized spacial score (nSPS) is 14.0. The quantitative estimate of drug-likeness (QED) is 0.718. The average Bonchev–Trinajstić information content (AvgIpc) is 3.10. The van der Waals surface area contributed by atoms with E-state index in [-0.39, 0.29) is 5.91 Å². The molecular formula is C21H21N3O2. The van der Waals surface area contributed by atoms with Gasteiger partial charge in [-0.3, -0.25) is 4.79 Å². The van der Waals surface area contributed by atoms with Crippen molar-refractivity contribution in [1.29, 1.82) is 0 Å². The summed E-state index contributed by atoms with van der Waals surface area (Å²) in [6.07, 6.45) is 4.31. The number of aryl methyl sites for hydroxylation is 1. The van der Waals surface area contributed by atoms with E-state index in [4.69, 9.17) is 4.52 Å². The van der Waals surface area contributed by atoms with Crippen LogP contribution in [0.1, 0.15) is 53.9 Å². The number of anilines is 1. The van der Waals surface area contributed by atoms with Crippen molar-refractivity contribution in [3.05, 3.63) is 65.5 Å². The van der Waals surface area contributed by atoms with E-state index in [2.05, 4.69) is 22.4 Å². The molecule has 0 aliphatic heterocycles. The third-order valence-electron chi connectivity index (χ3n) is 4.93. The number of nitrogens with zero attached hydrogens (tertiary/aromatic N) is 2. The lowest BCUT2D eigenvalue weighted by atomic mass is 9.85. The maximum absolute atomic E-state index is 12.7. The predicted molar refractivity (Wildman–Crippen MR) is 100 cm³/mol. The summed E-state index contributed by atoms with van der Waals surface area (Å²) in [5.74, 6) is 1.50. The number of amides is 1. The van der Waals surface area contributed by atoms with Gasteiger partial charge in [0.25, 0.3) is 5.91 Å². The predicted octanol–water partition coefficient (Wildman–Crippen LogP) is 4.82. The molecule has 1 aromatic heterocycles. The van der Waals surface area contributed by atoms with Gasteiger partial charge >= 0.3 is 0 Å². The zero-order valence-corrected chi connectivity index (χ0v) is 14.7. The minimum atomic E-state index is -0.143. The monoisotopic (exact) mass is 347 g/mol. The van der Waals surface area contributed by atoms with Crippen LogP contribution in [-0.4, -0.2) is 16.0 Å². The summed E-state index contributed by atoms with van der Waals surface area (Å²) in [5.41, 5.74) is 3.32. The number of rotatable bonds is 5. The highest BCUT2D eigenvalue weighted by molar-refractivity contribution is 6.05. The lowest BCUT2D eigenvalue weighted by molar-refractivity contribution is 0.102. The highest BCUT2D eigenvalue weighted by Gasteiger charge is 2.25. The Hall–Kier alpha value is -2.95. The molecule has 0 saturated heterocycles. The van der Waals surface area contributed by atoms with Gasteiger partial charge in [0.2, 0.25) is 11.7 Å². The minimum Gasteiger partial charge on any atom is -0.339 e. The van der Waals surface area contributed by atoms with Gasteiger partial charge in [0, 0.05) is 22.7 Å². The van der Waals surface area contributed by atoms with Gasteiger partial charge in [0.05, 0.1) is 0 Å². The van der Waals surface area contributed by atoms with Crippen molar-refractivity contribution in [1.82, 2.24) is 10.1 Å². The van der Waals surface area contributed by atoms with Gasteiger partial charge in [-0.25, -0.2) is 0 Å². The van der Waals surface area contributed by atoms with Gasteiger partial charge in [-0.15, -0.1) is 0 Å². The van der Waals surface area contributed by atoms with Crippen LogP contribution < -0.4 is 5.32 Å². The van der Waals surface area contributed by atoms with Crippen LogP contribution in [0.2, 0.25) is 0 Å². The summed E-state index contributed by atoms with van der Waals surface area (Å²) < 4.78 is 5.39. The maximum Gasteiger partial charge on any atom is 0.255 e. The van der Waals surface area contributed by atoms with Gasteiger partial charge in [0.15, 0.2) is 0 Å². The van der Waals surface area contributed by atoms with Gasteiger partial charge in [0.1, 0.15) is 0 Å². The Morgan fingerprint density at radius 1 is 1.19 bits per heavy atom. The van der Waals surface area contributed by atoms with Crippen LogP contribution in [0, 0.1) is 0 Å². The van der Waals surface area contributed by atoms with Gasteiger partial charge < -0.3 is 9.84 Å². The molecule has 2 aromatic carbocycles. The highest BCUT2D eigenvalue weighted by Crippen LogP contribution is 2.36. The number of carbonyl (C=O) groups is 1. The molecule has 1 saturated carbocycles. The van der Waals surface area contributed by atoms with Gasteiger partial charge in [-0.1, -0.05) is 48.8 Å². The second kappa shape index (κ2) is 7.12. The second-order valence-electron chi connectivity index (χ2n) is 6.63. The molecule has 1 N–H and O–H groups in total. The van der Waals surface area contributed by atoms with Crippen LogP contribution >= 0.6 is 0 Å². The number of carbonyl (C=O) groups excluding carboxylic acids is 1. The Morgan fingerprint density at radius 2 is 2.04 bits per heavy atom. The Morgan fingerprint density at radius 3 is 2.81 bits per heavy atom. The van der Waals surface area contributed by atoms with E-state index in [9.17, 15) is 4.79 Å². The van der Waals surface area contributed by atoms with Crippen molar-refractivity contribution in [3.63, 3.8) is 0 Å². The van der Waals surface area contributed by atoms with Crippen LogP contribution in [0.5, 0.6) is 0 Å². The fourth-order valence-electron chi connectivity index (χ4n) is 3.12. The smallest absolute Gasteiger partial charge is 0.255 e. The zero-order valence-electron chi connectivity index (χ0n) is 14.7. The van der Waals surface area contributed by atoms with E-state index in [0.717, 1.165) is 36.1 Å². The van der Waals surface area contributed by atoms with Crippen molar-refractivity contribution >= 4 is 11.6 Å². The second-order valence-corrected chi connectivity index (χ2v) is 6.63. The molecule has 1 aliphatic carbocycles. The lowest BCUT2D eigenvalue weighted by Crippen LogP contribution is -2.13. The Balaban J connectivity index is 1.55. The van der Waals surface area contributed by atoms with Crippen LogP contribution in [0.25, 0.3) is 11.4 Å². The van der Waals surface area contributed by atoms with Gasteiger partial charge in [-0.05, 0) is 43.0 Å². The van der Waals surface area contributed by atoms with Crippen molar-refractivity contribution in [2.75, 3.05) is 5.32 Å². The molecule has 1 amide bonds. The average molecular weight is 347 g/mol. The third kappa shape index (κ3) is 3.25. The molecule has 1 fully saturated rings. The highest BCUT2D eigenvalue weighted by atomic mass is 16.5. The fraction of sp³-hybridized carbons (Fsp3) is 0.286. The molecule has 0 bridgehead atoms. The SMILES string of the molecule is CCc1ccccc1NC(=O)c1cccc(-c2noc(C3CCC3)n2)c1. The zero-order chi connectivity index (χ0) is 17.9. The molecule has 5 nitrogen and oxygen atoms in total. The van der Waals surface area contributed by atoms with Gasteiger partial charge in [-0.2, -0.15) is 4.98 Å². The van der Waals surface area contributed by atoms with E-state index in [1.54, 1.807) is 12.1 Å². The summed E-state index contributed by atoms with van der Waals surface area (Å²) in [5, 5.41) is 7.08. The third-order valence-corrected chi connectivity index (χ3v) is 4.93. The number of para-hydroxylation sites is 1. The summed E-state index contributed by atoms with van der Waals surface area (Å²) in [7, 11) is 0. The van der Waals surface area contributed by atoms with Crippen LogP contribution in [-0.2, 0) is 6.42 Å². The molecule has 0 atom stereocenters. The molecule has 26 heavy (non-hydrogen) atoms. The number of benzene rings is 2. The molecule has 0 radical (unpaired) electrons. The van der Waals surface area contributed by atoms with E-state index >= 15 is 0 Å². The number of aromatic nitrogens is 2. The summed E-state index contributed by atoms with van der Waals surface area (Å²) >= 11 is 0. The fourth-order valence-corrected chi connectivity index (χ4v) is 3.12. The van der Waals surface area contributed by atoms with Crippen molar-refractivity contribution < 1.29 is 9.32 Å². The van der Waals surface area contributed by atoms with Crippen LogP contribution in [0.3, 0.4) is 0 Å². The first-order valence-corrected chi connectivity index (χ1v) is 9.08. The molecule has 1 aliphatic rings. The Labute approximate surface area is 152 Å². The molecule has 1 heterocycles. The molecule has 0 unspecified atom stereocenters. The van der Waals surface area contributed by atoms with Crippen molar-refractivity contribution in [2.24, 2.45) is 0 Å². The maximum atomic E-state index is 12.7. The standard InChI is InChI=1S/C21H21N3O2/c1-2-14-7-3-4-12-18(14)22-20(25)17-11-6-10-16(13-17)19-23-21(26-24-19)15-8-5-9-15/h3-4,6-7,10-13,15H,2,5,8-9H2,1H3,(H,22,25). The number of hydrogen-bond donors (Lipinski definition) is 1. The molecule has 5 heteroatoms. The van der Waals surface area contributed by atoms with E-state index in [1.807, 2.05) is 36.4 Å². The van der Waals surface area contributed by atoms with E-state index < -0.39 is 0 Å². The Bertz CT molecular complexity index is 928. The first kappa shape index (κ1) is 16.5.